The molecule has 122 valence electrons. The fourth-order valence-corrected chi connectivity index (χ4v) is 3.03. The smallest absolute Gasteiger partial charge is 0.232 e. The van der Waals surface area contributed by atoms with Gasteiger partial charge in [0, 0.05) is 29.1 Å². The van der Waals surface area contributed by atoms with Crippen molar-refractivity contribution in [3.05, 3.63) is 58.9 Å². The first kappa shape index (κ1) is 17.6. The largest absolute Gasteiger partial charge is 0.496 e. The third-order valence-electron chi connectivity index (χ3n) is 3.25. The van der Waals surface area contributed by atoms with Crippen molar-refractivity contribution in [2.75, 3.05) is 19.9 Å². The molecule has 0 N–H and O–H groups in total. The van der Waals surface area contributed by atoms with Crippen LogP contribution in [0.25, 0.3) is 0 Å². The van der Waals surface area contributed by atoms with Gasteiger partial charge in [0.25, 0.3) is 0 Å². The third kappa shape index (κ3) is 5.15. The maximum Gasteiger partial charge on any atom is 0.232 e. The molecule has 0 unspecified atom stereocenters. The van der Waals surface area contributed by atoms with Gasteiger partial charge in [0.1, 0.15) is 11.6 Å². The second kappa shape index (κ2) is 8.22. The second-order valence-electron chi connectivity index (χ2n) is 4.95. The highest BCUT2D eigenvalue weighted by molar-refractivity contribution is 8.00. The summed E-state index contributed by atoms with van der Waals surface area (Å²) in [5.74, 6) is 0.665. The summed E-state index contributed by atoms with van der Waals surface area (Å²) < 4.78 is 18.1. The summed E-state index contributed by atoms with van der Waals surface area (Å²) in [6.45, 7) is 0.409. The highest BCUT2D eigenvalue weighted by Gasteiger charge is 2.13. The highest BCUT2D eigenvalue weighted by atomic mass is 35.5. The number of hydrogen-bond acceptors (Lipinski definition) is 3. The Morgan fingerprint density at radius 1 is 1.26 bits per heavy atom. The molecule has 0 aliphatic carbocycles. The molecule has 0 aliphatic heterocycles. The van der Waals surface area contributed by atoms with Gasteiger partial charge in [-0.25, -0.2) is 4.39 Å². The van der Waals surface area contributed by atoms with Crippen LogP contribution in [-0.2, 0) is 11.3 Å². The van der Waals surface area contributed by atoms with E-state index in [1.165, 1.54) is 23.9 Å². The van der Waals surface area contributed by atoms with Gasteiger partial charge in [0.05, 0.1) is 12.9 Å². The summed E-state index contributed by atoms with van der Waals surface area (Å²) in [5.41, 5.74) is 0.850. The Labute approximate surface area is 144 Å². The van der Waals surface area contributed by atoms with E-state index in [1.807, 2.05) is 0 Å². The van der Waals surface area contributed by atoms with E-state index >= 15 is 0 Å². The van der Waals surface area contributed by atoms with Crippen LogP contribution in [0.15, 0.2) is 47.4 Å². The summed E-state index contributed by atoms with van der Waals surface area (Å²) in [4.78, 5) is 14.7. The number of amides is 1. The van der Waals surface area contributed by atoms with Gasteiger partial charge in [0.15, 0.2) is 0 Å². The number of methoxy groups -OCH3 is 1. The molecule has 0 fully saturated rings. The summed E-state index contributed by atoms with van der Waals surface area (Å²) in [6.07, 6.45) is 0. The average Bonchev–Trinajstić information content (AvgIpc) is 2.54. The van der Waals surface area contributed by atoms with Crippen molar-refractivity contribution in [2.24, 2.45) is 0 Å². The monoisotopic (exact) mass is 353 g/mol. The van der Waals surface area contributed by atoms with Gasteiger partial charge in [-0.15, -0.1) is 11.8 Å². The number of carbonyl (C=O) groups excluding carboxylic acids is 1. The molecule has 0 aliphatic rings. The van der Waals surface area contributed by atoms with Crippen molar-refractivity contribution >= 4 is 29.3 Å². The van der Waals surface area contributed by atoms with Crippen LogP contribution in [0.3, 0.4) is 0 Å². The summed E-state index contributed by atoms with van der Waals surface area (Å²) >= 11 is 7.37. The number of ether oxygens (including phenoxy) is 1. The molecule has 6 heteroatoms. The van der Waals surface area contributed by atoms with E-state index in [0.717, 1.165) is 10.5 Å². The Hall–Kier alpha value is -1.72. The van der Waals surface area contributed by atoms with E-state index in [2.05, 4.69) is 0 Å². The van der Waals surface area contributed by atoms with E-state index in [1.54, 1.807) is 49.4 Å². The van der Waals surface area contributed by atoms with Crippen molar-refractivity contribution in [3.8, 4) is 5.75 Å². The van der Waals surface area contributed by atoms with Crippen molar-refractivity contribution in [1.82, 2.24) is 4.90 Å². The lowest BCUT2D eigenvalue weighted by Crippen LogP contribution is -2.28. The summed E-state index contributed by atoms with van der Waals surface area (Å²) in [5, 5.41) is 0.599. The SMILES string of the molecule is COc1ccc(Cl)cc1CN(C)C(=O)CSc1ccc(F)cc1. The molecule has 1 amide bonds. The van der Waals surface area contributed by atoms with Gasteiger partial charge in [-0.3, -0.25) is 4.79 Å². The van der Waals surface area contributed by atoms with E-state index in [9.17, 15) is 9.18 Å². The van der Waals surface area contributed by atoms with Crippen LogP contribution in [0.1, 0.15) is 5.56 Å². The number of nitrogens with zero attached hydrogens (tertiary/aromatic N) is 1. The van der Waals surface area contributed by atoms with Crippen molar-refractivity contribution < 1.29 is 13.9 Å². The first-order valence-corrected chi connectivity index (χ1v) is 8.30. The Morgan fingerprint density at radius 2 is 1.96 bits per heavy atom. The van der Waals surface area contributed by atoms with Crippen LogP contribution in [0, 0.1) is 5.82 Å². The van der Waals surface area contributed by atoms with Crippen LogP contribution in [0.5, 0.6) is 5.75 Å². The minimum Gasteiger partial charge on any atom is -0.496 e. The topological polar surface area (TPSA) is 29.5 Å². The zero-order valence-corrected chi connectivity index (χ0v) is 14.5. The number of benzene rings is 2. The second-order valence-corrected chi connectivity index (χ2v) is 6.43. The molecule has 0 saturated heterocycles. The predicted molar refractivity (Wildman–Crippen MR) is 91.6 cm³/mol. The molecule has 0 aromatic heterocycles. The lowest BCUT2D eigenvalue weighted by Gasteiger charge is -2.19. The molecule has 2 aromatic rings. The van der Waals surface area contributed by atoms with Crippen LogP contribution in [-0.4, -0.2) is 30.7 Å². The van der Waals surface area contributed by atoms with Gasteiger partial charge in [-0.05, 0) is 42.5 Å². The maximum atomic E-state index is 12.9. The fourth-order valence-electron chi connectivity index (χ4n) is 2.00. The molecule has 0 atom stereocenters. The average molecular weight is 354 g/mol. The molecule has 0 radical (unpaired) electrons. The number of rotatable bonds is 6. The first-order valence-electron chi connectivity index (χ1n) is 6.94. The molecule has 0 spiro atoms. The van der Waals surface area contributed by atoms with Crippen LogP contribution in [0.4, 0.5) is 4.39 Å². The maximum absolute atomic E-state index is 12.9. The molecule has 3 nitrogen and oxygen atoms in total. The molecule has 0 saturated carbocycles. The Kier molecular flexibility index (Phi) is 6.30. The minimum atomic E-state index is -0.286. The molecular weight excluding hydrogens is 337 g/mol. The lowest BCUT2D eigenvalue weighted by molar-refractivity contribution is -0.127. The molecule has 0 bridgehead atoms. The number of carbonyl (C=O) groups is 1. The van der Waals surface area contributed by atoms with E-state index in [-0.39, 0.29) is 17.5 Å². The first-order chi connectivity index (χ1) is 11.0. The van der Waals surface area contributed by atoms with Crippen molar-refractivity contribution in [2.45, 2.75) is 11.4 Å². The van der Waals surface area contributed by atoms with Crippen LogP contribution >= 0.6 is 23.4 Å². The van der Waals surface area contributed by atoms with E-state index < -0.39 is 0 Å². The highest BCUT2D eigenvalue weighted by Crippen LogP contribution is 2.24. The van der Waals surface area contributed by atoms with Crippen molar-refractivity contribution in [1.29, 1.82) is 0 Å². The Bertz CT molecular complexity index is 679. The van der Waals surface area contributed by atoms with Crippen molar-refractivity contribution in [3.63, 3.8) is 0 Å². The summed E-state index contributed by atoms with van der Waals surface area (Å²) in [6, 6.07) is 11.4. The number of hydrogen-bond donors (Lipinski definition) is 0. The zero-order valence-electron chi connectivity index (χ0n) is 12.9. The quantitative estimate of drug-likeness (QED) is 0.727. The number of halogens is 2. The van der Waals surface area contributed by atoms with E-state index in [4.69, 9.17) is 16.3 Å². The Balaban J connectivity index is 1.94. The minimum absolute atomic E-state index is 0.0265. The standard InChI is InChI=1S/C17H17ClFNO2S/c1-20(10-12-9-13(18)3-8-16(12)22-2)17(21)11-23-15-6-4-14(19)5-7-15/h3-9H,10-11H2,1-2H3. The normalized spacial score (nSPS) is 10.4. The fraction of sp³-hybridized carbons (Fsp3) is 0.235. The van der Waals surface area contributed by atoms with Gasteiger partial charge >= 0.3 is 0 Å². The summed E-state index contributed by atoms with van der Waals surface area (Å²) in [7, 11) is 3.31. The molecule has 23 heavy (non-hydrogen) atoms. The van der Waals surface area contributed by atoms with Crippen LogP contribution < -0.4 is 4.74 Å². The van der Waals surface area contributed by atoms with Gasteiger partial charge in [-0.1, -0.05) is 11.6 Å². The van der Waals surface area contributed by atoms with Gasteiger partial charge in [0.2, 0.25) is 5.91 Å². The zero-order chi connectivity index (χ0) is 16.8. The van der Waals surface area contributed by atoms with Gasteiger partial charge < -0.3 is 9.64 Å². The molecular formula is C17H17ClFNO2S. The number of thioether (sulfide) groups is 1. The lowest BCUT2D eigenvalue weighted by atomic mass is 10.2. The molecule has 0 heterocycles. The molecule has 2 rings (SSSR count). The predicted octanol–water partition coefficient (Wildman–Crippen LogP) is 4.24. The van der Waals surface area contributed by atoms with Crippen LogP contribution in [0.2, 0.25) is 5.02 Å². The van der Waals surface area contributed by atoms with Gasteiger partial charge in [-0.2, -0.15) is 0 Å². The Morgan fingerprint density at radius 3 is 2.61 bits per heavy atom. The third-order valence-corrected chi connectivity index (χ3v) is 4.48. The van der Waals surface area contributed by atoms with E-state index in [0.29, 0.717) is 17.3 Å². The molecule has 2 aromatic carbocycles.